The summed E-state index contributed by atoms with van der Waals surface area (Å²) in [7, 11) is -5.75. The third-order valence-corrected chi connectivity index (χ3v) is 19.8. The molecule has 8 aromatic carbocycles. The Morgan fingerprint density at radius 3 is 0.695 bits per heavy atom. The summed E-state index contributed by atoms with van der Waals surface area (Å²) in [5.74, 6) is -2.00. The zero-order valence-corrected chi connectivity index (χ0v) is 66.4. The number of hydrogen-bond donors (Lipinski definition) is 1. The number of allylic oxidation sites excluding steroid dienone is 8. The molecule has 105 heavy (non-hydrogen) atoms. The van der Waals surface area contributed by atoms with Crippen molar-refractivity contribution in [2.75, 3.05) is 25.2 Å². The van der Waals surface area contributed by atoms with Gasteiger partial charge in [0.15, 0.2) is 0 Å². The average Bonchev–Trinajstić information content (AvgIpc) is 0.866. The van der Waals surface area contributed by atoms with Gasteiger partial charge in [-0.25, -0.2) is 14.4 Å². The lowest BCUT2D eigenvalue weighted by Gasteiger charge is -2.16. The molecule has 12 nitrogen and oxygen atoms in total. The second-order valence-electron chi connectivity index (χ2n) is 29.0. The third-order valence-electron chi connectivity index (χ3n) is 14.9. The highest BCUT2D eigenvalue weighted by Crippen LogP contribution is 2.28. The number of rotatable bonds is 25. The molecule has 0 bridgehead atoms. The summed E-state index contributed by atoms with van der Waals surface area (Å²) in [6.07, 6.45) is 15.0. The first-order valence-corrected chi connectivity index (χ1v) is 49.5. The van der Waals surface area contributed by atoms with Crippen molar-refractivity contribution < 1.29 is 33.4 Å². The lowest BCUT2D eigenvalue weighted by molar-refractivity contribution is -0.138. The van der Waals surface area contributed by atoms with Crippen LogP contribution in [0.2, 0.25) is 84.6 Å². The van der Waals surface area contributed by atoms with E-state index < -0.39 is 50.2 Å². The Bertz CT molecular complexity index is 4050. The van der Waals surface area contributed by atoms with Gasteiger partial charge in [0.1, 0.15) is 46.6 Å². The molecular weight excluding hydrogens is 1360 g/mol. The highest BCUT2D eigenvalue weighted by atomic mass is 28.3. The summed E-state index contributed by atoms with van der Waals surface area (Å²) in [5, 5.41) is 40.3. The van der Waals surface area contributed by atoms with Crippen LogP contribution in [0, 0.1) is 45.3 Å². The van der Waals surface area contributed by atoms with Crippen LogP contribution in [0.1, 0.15) is 44.5 Å². The number of nitrogens with zero attached hydrogens (tertiary/aromatic N) is 4. The number of esters is 3. The molecule has 0 atom stereocenters. The molecular formula is C89H95N5O7Si4. The molecule has 0 spiro atoms. The lowest BCUT2D eigenvalue weighted by Crippen LogP contribution is -2.40. The molecule has 0 aliphatic rings. The highest BCUT2D eigenvalue weighted by Gasteiger charge is 2.22. The smallest absolute Gasteiger partial charge is 0.348 e. The molecule has 16 heteroatoms. The maximum Gasteiger partial charge on any atom is 0.348 e. The van der Waals surface area contributed by atoms with Gasteiger partial charge >= 0.3 is 17.9 Å². The molecule has 0 saturated heterocycles. The minimum Gasteiger partial charge on any atom is -0.465 e. The van der Waals surface area contributed by atoms with Crippen LogP contribution < -0.4 is 5.32 Å². The van der Waals surface area contributed by atoms with Crippen molar-refractivity contribution in [1.82, 2.24) is 5.32 Å². The number of carbonyl (C=O) groups excluding carboxylic acids is 4. The number of nitriles is 4. The first-order chi connectivity index (χ1) is 50.1. The minimum absolute atomic E-state index is 0.00705. The molecule has 0 unspecified atom stereocenters. The van der Waals surface area contributed by atoms with Gasteiger partial charge in [-0.05, 0) is 97.1 Å². The molecule has 8 rings (SSSR count). The largest absolute Gasteiger partial charge is 0.465 e. The van der Waals surface area contributed by atoms with E-state index in [0.29, 0.717) is 25.2 Å². The summed E-state index contributed by atoms with van der Waals surface area (Å²) in [4.78, 5) is 48.9. The van der Waals surface area contributed by atoms with E-state index in [-0.39, 0.29) is 28.2 Å². The maximum absolute atomic E-state index is 12.3. The number of benzene rings is 8. The summed E-state index contributed by atoms with van der Waals surface area (Å²) in [6.45, 7) is 26.2. The van der Waals surface area contributed by atoms with Crippen LogP contribution in [0.5, 0.6) is 0 Å². The first-order valence-electron chi connectivity index (χ1n) is 34.6. The van der Waals surface area contributed by atoms with E-state index in [4.69, 9.17) is 14.2 Å². The van der Waals surface area contributed by atoms with E-state index in [1.165, 1.54) is 0 Å². The Morgan fingerprint density at radius 2 is 0.505 bits per heavy atom. The molecule has 0 heterocycles. The molecule has 1 amide bonds. The van der Waals surface area contributed by atoms with Crippen LogP contribution in [-0.4, -0.2) is 81.3 Å². The predicted octanol–water partition coefficient (Wildman–Crippen LogP) is 20.0. The van der Waals surface area contributed by atoms with E-state index in [9.17, 15) is 40.2 Å². The van der Waals surface area contributed by atoms with Gasteiger partial charge in [0.05, 0.1) is 43.3 Å². The summed E-state index contributed by atoms with van der Waals surface area (Å²) >= 11 is 0. The van der Waals surface area contributed by atoms with Gasteiger partial charge in [0.2, 0.25) is 0 Å². The molecule has 0 aromatic heterocycles. The Kier molecular flexibility index (Phi) is 34.7. The van der Waals surface area contributed by atoms with Crippen LogP contribution in [0.15, 0.2) is 314 Å². The number of amides is 1. The zero-order valence-electron chi connectivity index (χ0n) is 62.4. The lowest BCUT2D eigenvalue weighted by atomic mass is 9.97. The van der Waals surface area contributed by atoms with Crippen LogP contribution in [-0.2, 0) is 33.4 Å². The van der Waals surface area contributed by atoms with E-state index >= 15 is 0 Å². The van der Waals surface area contributed by atoms with Crippen molar-refractivity contribution in [2.24, 2.45) is 0 Å². The van der Waals surface area contributed by atoms with E-state index in [1.54, 1.807) is 36.5 Å². The van der Waals surface area contributed by atoms with E-state index in [1.807, 2.05) is 279 Å². The number of carbonyl (C=O) groups is 4. The van der Waals surface area contributed by atoms with Crippen molar-refractivity contribution in [2.45, 2.75) is 84.6 Å². The molecule has 0 saturated carbocycles. The molecule has 534 valence electrons. The fourth-order valence-corrected chi connectivity index (χ4v) is 11.9. The molecule has 0 aliphatic carbocycles. The van der Waals surface area contributed by atoms with Crippen LogP contribution in [0.3, 0.4) is 0 Å². The summed E-state index contributed by atoms with van der Waals surface area (Å²) < 4.78 is 15.9. The molecule has 0 aliphatic heterocycles. The van der Waals surface area contributed by atoms with Crippen LogP contribution in [0.25, 0.3) is 22.3 Å². The van der Waals surface area contributed by atoms with Gasteiger partial charge in [-0.15, -0.1) is 0 Å². The van der Waals surface area contributed by atoms with Crippen molar-refractivity contribution in [3.63, 3.8) is 0 Å². The third kappa shape index (κ3) is 32.1. The SMILES string of the molecule is C[Si](C)(C)CCOC(=O)/C(C#N)=C\C=C(c1ccccc1)c1ccccc1.C[Si](C)(C)CNC(=O)/C(C#N)=C\C=C(c1ccccc1)c1ccccc1.C[Si](C)(C)COC(=O)/C(C#N)=C\C=C(c1ccccc1)c1ccccc1.C[Si](C)(C)COC(=O)/C(C#N)=C\C=C(c1ccccc1)c1ccccc1. The van der Waals surface area contributed by atoms with Crippen LogP contribution >= 0.6 is 0 Å². The molecule has 0 radical (unpaired) electrons. The van der Waals surface area contributed by atoms with E-state index in [2.05, 4.69) is 83.9 Å². The Balaban J connectivity index is 0.000000251. The van der Waals surface area contributed by atoms with Crippen molar-refractivity contribution >= 4 is 78.4 Å². The van der Waals surface area contributed by atoms with Gasteiger partial charge in [0.25, 0.3) is 5.91 Å². The zero-order chi connectivity index (χ0) is 76.7. The number of ether oxygens (including phenoxy) is 3. The van der Waals surface area contributed by atoms with Gasteiger partial charge in [-0.2, -0.15) is 21.0 Å². The van der Waals surface area contributed by atoms with Crippen molar-refractivity contribution in [3.8, 4) is 24.3 Å². The van der Waals surface area contributed by atoms with Gasteiger partial charge in [-0.1, -0.05) is 346 Å². The standard InChI is InChI=1S/C23H25NO2Si.C22H24N2OSi.2C22H23NO2Si/c1-27(2,3)17-16-26-23(25)21(18-24)14-15-22(19-10-6-4-7-11-19)20-12-8-5-9-13-20;1-26(2,3)17-24-22(25)20(16-23)14-15-21(18-10-6-4-7-11-18)19-12-8-5-9-13-19;2*1-26(2,3)17-25-22(24)20(16-23)14-15-21(18-10-6-4-7-11-18)19-12-8-5-9-13-19/h4-15H,16-17H2,1-3H3;4-15H,17H2,1-3H3,(H,24,25);2*4-15H,17H2,1-3H3/b21-14-;3*20-14-. The fraction of sp³-hybridized carbons (Fsp3) is 0.191. The van der Waals surface area contributed by atoms with Gasteiger partial charge in [-0.3, -0.25) is 4.79 Å². The number of hydrogen-bond acceptors (Lipinski definition) is 11. The topological polar surface area (TPSA) is 203 Å². The van der Waals surface area contributed by atoms with Crippen LogP contribution in [0.4, 0.5) is 0 Å². The van der Waals surface area contributed by atoms with Crippen molar-refractivity contribution in [1.29, 1.82) is 21.0 Å². The van der Waals surface area contributed by atoms with Gasteiger partial charge in [0, 0.05) is 14.2 Å². The summed E-state index contributed by atoms with van der Waals surface area (Å²) in [5.41, 5.74) is 12.1. The first kappa shape index (κ1) is 84.0. The second kappa shape index (κ2) is 43.4. The minimum atomic E-state index is -1.52. The van der Waals surface area contributed by atoms with Crippen molar-refractivity contribution in [3.05, 3.63) is 358 Å². The second-order valence-corrected chi connectivity index (χ2v) is 50.9. The monoisotopic (exact) mass is 1460 g/mol. The van der Waals surface area contributed by atoms with E-state index in [0.717, 1.165) is 72.8 Å². The Hall–Kier alpha value is -11.6. The predicted molar refractivity (Wildman–Crippen MR) is 439 cm³/mol. The number of nitrogens with one attached hydrogen (secondary N) is 1. The normalized spacial score (nSPS) is 11.4. The molecule has 1 N–H and O–H groups in total. The summed E-state index contributed by atoms with van der Waals surface area (Å²) in [6, 6.07) is 88.0. The Labute approximate surface area is 626 Å². The maximum atomic E-state index is 12.3. The fourth-order valence-electron chi connectivity index (χ4n) is 9.35. The molecule has 0 fully saturated rings. The highest BCUT2D eigenvalue weighted by molar-refractivity contribution is 6.77. The average molecular weight is 1460 g/mol. The molecule has 8 aromatic rings. The quantitative estimate of drug-likeness (QED) is 0.0142. The Morgan fingerprint density at radius 1 is 0.295 bits per heavy atom. The van der Waals surface area contributed by atoms with Gasteiger partial charge < -0.3 is 19.5 Å².